The molecule has 0 rings (SSSR count). The summed E-state index contributed by atoms with van der Waals surface area (Å²) in [6.07, 6.45) is 2.39. The van der Waals surface area contributed by atoms with E-state index in [-0.39, 0.29) is 0 Å². The lowest BCUT2D eigenvalue weighted by Gasteiger charge is -2.22. The second-order valence-electron chi connectivity index (χ2n) is 5.31. The van der Waals surface area contributed by atoms with E-state index in [2.05, 4.69) is 33.0 Å². The van der Waals surface area contributed by atoms with Crippen LogP contribution in [0, 0.1) is 11.8 Å². The van der Waals surface area contributed by atoms with Crippen molar-refractivity contribution in [2.75, 3.05) is 33.5 Å². The lowest BCUT2D eigenvalue weighted by Crippen LogP contribution is -2.31. The van der Waals surface area contributed by atoms with Crippen molar-refractivity contribution in [1.82, 2.24) is 5.32 Å². The molecule has 0 amide bonds. The second-order valence-corrected chi connectivity index (χ2v) is 5.31. The molecule has 0 saturated carbocycles. The molecule has 104 valence electrons. The second kappa shape index (κ2) is 11.0. The molecule has 0 radical (unpaired) electrons. The van der Waals surface area contributed by atoms with E-state index in [4.69, 9.17) is 9.47 Å². The highest BCUT2D eigenvalue weighted by atomic mass is 16.5. The van der Waals surface area contributed by atoms with Crippen molar-refractivity contribution in [3.05, 3.63) is 0 Å². The molecular weight excluding hydrogens is 214 g/mol. The van der Waals surface area contributed by atoms with Crippen LogP contribution in [0.5, 0.6) is 0 Å². The third kappa shape index (κ3) is 10.7. The topological polar surface area (TPSA) is 30.5 Å². The van der Waals surface area contributed by atoms with Crippen LogP contribution in [-0.4, -0.2) is 39.5 Å². The number of ether oxygens (including phenoxy) is 2. The summed E-state index contributed by atoms with van der Waals surface area (Å²) < 4.78 is 10.4. The molecule has 0 aliphatic heterocycles. The average molecular weight is 245 g/mol. The standard InChI is InChI=1S/C14H31NO2/c1-12(2)14(11-15-13(3)4)7-6-8-17-10-9-16-5/h12-15H,6-11H2,1-5H3. The van der Waals surface area contributed by atoms with Gasteiger partial charge in [0, 0.05) is 19.8 Å². The van der Waals surface area contributed by atoms with Gasteiger partial charge < -0.3 is 14.8 Å². The fourth-order valence-corrected chi connectivity index (χ4v) is 1.75. The molecule has 0 aliphatic rings. The summed E-state index contributed by atoms with van der Waals surface area (Å²) in [4.78, 5) is 0. The first-order valence-corrected chi connectivity index (χ1v) is 6.88. The van der Waals surface area contributed by atoms with Gasteiger partial charge in [-0.25, -0.2) is 0 Å². The third-order valence-electron chi connectivity index (χ3n) is 3.03. The predicted molar refractivity (Wildman–Crippen MR) is 73.4 cm³/mol. The Labute approximate surface area is 107 Å². The van der Waals surface area contributed by atoms with Gasteiger partial charge >= 0.3 is 0 Å². The minimum atomic E-state index is 0.578. The molecular formula is C14H31NO2. The van der Waals surface area contributed by atoms with E-state index in [0.29, 0.717) is 19.3 Å². The van der Waals surface area contributed by atoms with Crippen LogP contribution in [0.2, 0.25) is 0 Å². The van der Waals surface area contributed by atoms with E-state index in [1.54, 1.807) is 7.11 Å². The Balaban J connectivity index is 3.56. The highest BCUT2D eigenvalue weighted by molar-refractivity contribution is 4.67. The molecule has 1 N–H and O–H groups in total. The van der Waals surface area contributed by atoms with Gasteiger partial charge in [-0.2, -0.15) is 0 Å². The van der Waals surface area contributed by atoms with E-state index in [1.807, 2.05) is 0 Å². The van der Waals surface area contributed by atoms with Crippen LogP contribution in [0.25, 0.3) is 0 Å². The number of methoxy groups -OCH3 is 1. The predicted octanol–water partition coefficient (Wildman–Crippen LogP) is 2.70. The van der Waals surface area contributed by atoms with Crippen molar-refractivity contribution in [1.29, 1.82) is 0 Å². The smallest absolute Gasteiger partial charge is 0.0700 e. The number of nitrogens with one attached hydrogen (secondary N) is 1. The molecule has 0 aromatic heterocycles. The largest absolute Gasteiger partial charge is 0.382 e. The van der Waals surface area contributed by atoms with E-state index < -0.39 is 0 Å². The van der Waals surface area contributed by atoms with Crippen LogP contribution in [0.1, 0.15) is 40.5 Å². The van der Waals surface area contributed by atoms with Crippen LogP contribution in [0.15, 0.2) is 0 Å². The third-order valence-corrected chi connectivity index (χ3v) is 3.03. The first kappa shape index (κ1) is 16.9. The molecule has 0 aromatic carbocycles. The summed E-state index contributed by atoms with van der Waals surface area (Å²) in [5, 5.41) is 3.53. The Hall–Kier alpha value is -0.120. The fraction of sp³-hybridized carbons (Fsp3) is 1.00. The Bertz CT molecular complexity index is 160. The zero-order valence-electron chi connectivity index (χ0n) is 12.3. The summed E-state index contributed by atoms with van der Waals surface area (Å²) in [7, 11) is 1.70. The van der Waals surface area contributed by atoms with Crippen LogP contribution in [0.4, 0.5) is 0 Å². The zero-order chi connectivity index (χ0) is 13.1. The van der Waals surface area contributed by atoms with Gasteiger partial charge in [-0.1, -0.05) is 27.7 Å². The SMILES string of the molecule is COCCOCCCC(CNC(C)C)C(C)C. The molecule has 3 nitrogen and oxygen atoms in total. The van der Waals surface area contributed by atoms with Gasteiger partial charge in [0.2, 0.25) is 0 Å². The van der Waals surface area contributed by atoms with Crippen LogP contribution in [-0.2, 0) is 9.47 Å². The maximum Gasteiger partial charge on any atom is 0.0700 e. The molecule has 0 aliphatic carbocycles. The summed E-state index contributed by atoms with van der Waals surface area (Å²) in [5.74, 6) is 1.49. The van der Waals surface area contributed by atoms with Crippen molar-refractivity contribution in [3.8, 4) is 0 Å². The first-order valence-electron chi connectivity index (χ1n) is 6.88. The Kier molecular flexibility index (Phi) is 10.9. The van der Waals surface area contributed by atoms with Crippen molar-refractivity contribution < 1.29 is 9.47 Å². The lowest BCUT2D eigenvalue weighted by molar-refractivity contribution is 0.0662. The molecule has 3 heteroatoms. The van der Waals surface area contributed by atoms with Crippen molar-refractivity contribution in [3.63, 3.8) is 0 Å². The number of rotatable bonds is 11. The van der Waals surface area contributed by atoms with E-state index >= 15 is 0 Å². The van der Waals surface area contributed by atoms with Crippen LogP contribution in [0.3, 0.4) is 0 Å². The van der Waals surface area contributed by atoms with E-state index in [1.165, 1.54) is 6.42 Å². The van der Waals surface area contributed by atoms with E-state index in [9.17, 15) is 0 Å². The summed E-state index contributed by atoms with van der Waals surface area (Å²) in [5.41, 5.74) is 0. The van der Waals surface area contributed by atoms with Crippen molar-refractivity contribution in [2.45, 2.75) is 46.6 Å². The summed E-state index contributed by atoms with van der Waals surface area (Å²) in [6.45, 7) is 12.4. The molecule has 0 fully saturated rings. The van der Waals surface area contributed by atoms with Gasteiger partial charge in [-0.05, 0) is 31.2 Å². The van der Waals surface area contributed by atoms with E-state index in [0.717, 1.165) is 31.4 Å². The first-order chi connectivity index (χ1) is 8.07. The molecule has 1 unspecified atom stereocenters. The van der Waals surface area contributed by atoms with Crippen molar-refractivity contribution in [2.24, 2.45) is 11.8 Å². The van der Waals surface area contributed by atoms with Gasteiger partial charge in [-0.15, -0.1) is 0 Å². The fourth-order valence-electron chi connectivity index (χ4n) is 1.75. The maximum absolute atomic E-state index is 5.48. The highest BCUT2D eigenvalue weighted by Crippen LogP contribution is 2.16. The zero-order valence-corrected chi connectivity index (χ0v) is 12.3. The van der Waals surface area contributed by atoms with Gasteiger partial charge in [0.1, 0.15) is 0 Å². The Morgan fingerprint density at radius 1 is 1.00 bits per heavy atom. The minimum absolute atomic E-state index is 0.578. The van der Waals surface area contributed by atoms with Gasteiger partial charge in [-0.3, -0.25) is 0 Å². The average Bonchev–Trinajstić information content (AvgIpc) is 2.26. The maximum atomic E-state index is 5.48. The van der Waals surface area contributed by atoms with Crippen LogP contribution < -0.4 is 5.32 Å². The van der Waals surface area contributed by atoms with Gasteiger partial charge in [0.15, 0.2) is 0 Å². The number of hydrogen-bond acceptors (Lipinski definition) is 3. The minimum Gasteiger partial charge on any atom is -0.382 e. The van der Waals surface area contributed by atoms with Crippen molar-refractivity contribution >= 4 is 0 Å². The highest BCUT2D eigenvalue weighted by Gasteiger charge is 2.13. The van der Waals surface area contributed by atoms with Crippen LogP contribution >= 0.6 is 0 Å². The molecule has 1 atom stereocenters. The lowest BCUT2D eigenvalue weighted by atomic mass is 9.91. The van der Waals surface area contributed by atoms with Gasteiger partial charge in [0.05, 0.1) is 13.2 Å². The molecule has 0 bridgehead atoms. The molecule has 0 saturated heterocycles. The molecule has 17 heavy (non-hydrogen) atoms. The Morgan fingerprint density at radius 3 is 2.24 bits per heavy atom. The summed E-state index contributed by atoms with van der Waals surface area (Å²) in [6, 6.07) is 0.578. The Morgan fingerprint density at radius 2 is 1.71 bits per heavy atom. The molecule has 0 spiro atoms. The normalized spacial score (nSPS) is 13.6. The summed E-state index contributed by atoms with van der Waals surface area (Å²) >= 11 is 0. The van der Waals surface area contributed by atoms with Gasteiger partial charge in [0.25, 0.3) is 0 Å². The molecule has 0 aromatic rings. The monoisotopic (exact) mass is 245 g/mol. The quantitative estimate of drug-likeness (QED) is 0.568. The molecule has 0 heterocycles. The number of hydrogen-bond donors (Lipinski definition) is 1.